The van der Waals surface area contributed by atoms with Crippen LogP contribution >= 0.6 is 0 Å². The molecule has 2 heterocycles. The lowest BCUT2D eigenvalue weighted by molar-refractivity contribution is 0.388. The molecular formula is C21H17N3O3. The Bertz CT molecular complexity index is 1170. The average Bonchev–Trinajstić information content (AvgIpc) is 2.67. The van der Waals surface area contributed by atoms with E-state index in [0.29, 0.717) is 16.7 Å². The first-order valence-corrected chi connectivity index (χ1v) is 8.42. The Morgan fingerprint density at radius 3 is 2.48 bits per heavy atom. The largest absolute Gasteiger partial charge is 0.439 e. The molecule has 0 saturated heterocycles. The van der Waals surface area contributed by atoms with Crippen molar-refractivity contribution in [1.29, 1.82) is 5.26 Å². The van der Waals surface area contributed by atoms with Gasteiger partial charge in [0.25, 0.3) is 0 Å². The van der Waals surface area contributed by atoms with Crippen LogP contribution in [0, 0.1) is 11.3 Å². The number of ether oxygens (including phenoxy) is 1. The standard InChI is InChI=1S/C21H17N3O3/c1-24(2)13-9-7-12(8-10-13)17-15(11-22)20(23)27-19-14-5-3-4-6-16(14)26-21(25)18(17)19/h3-10,17H,23H2,1-2H3. The molecule has 6 nitrogen and oxygen atoms in total. The van der Waals surface area contributed by atoms with Crippen LogP contribution in [0.3, 0.4) is 0 Å². The second kappa shape index (κ2) is 6.22. The van der Waals surface area contributed by atoms with Gasteiger partial charge in [-0.15, -0.1) is 0 Å². The van der Waals surface area contributed by atoms with Crippen molar-refractivity contribution in [3.05, 3.63) is 81.5 Å². The Labute approximate surface area is 155 Å². The molecule has 1 aromatic heterocycles. The monoisotopic (exact) mass is 359 g/mol. The molecule has 1 aliphatic heterocycles. The third-order valence-corrected chi connectivity index (χ3v) is 4.72. The van der Waals surface area contributed by atoms with Gasteiger partial charge in [-0.05, 0) is 29.8 Å². The summed E-state index contributed by atoms with van der Waals surface area (Å²) in [4.78, 5) is 14.7. The van der Waals surface area contributed by atoms with Crippen molar-refractivity contribution in [2.24, 2.45) is 5.73 Å². The summed E-state index contributed by atoms with van der Waals surface area (Å²) in [5.41, 5.74) is 8.18. The number of hydrogen-bond donors (Lipinski definition) is 1. The van der Waals surface area contributed by atoms with E-state index in [9.17, 15) is 10.1 Å². The molecule has 27 heavy (non-hydrogen) atoms. The number of benzene rings is 2. The molecule has 1 aliphatic rings. The molecule has 6 heteroatoms. The van der Waals surface area contributed by atoms with E-state index in [4.69, 9.17) is 14.9 Å². The van der Waals surface area contributed by atoms with Gasteiger partial charge in [-0.2, -0.15) is 5.26 Å². The highest BCUT2D eigenvalue weighted by molar-refractivity contribution is 5.86. The fourth-order valence-corrected chi connectivity index (χ4v) is 3.36. The summed E-state index contributed by atoms with van der Waals surface area (Å²) in [6.45, 7) is 0. The topological polar surface area (TPSA) is 92.5 Å². The van der Waals surface area contributed by atoms with Crippen LogP contribution in [-0.2, 0) is 0 Å². The summed E-state index contributed by atoms with van der Waals surface area (Å²) in [7, 11) is 3.89. The number of para-hydroxylation sites is 1. The minimum absolute atomic E-state index is 0.00226. The second-order valence-electron chi connectivity index (χ2n) is 6.54. The van der Waals surface area contributed by atoms with E-state index in [1.54, 1.807) is 18.2 Å². The fraction of sp³-hybridized carbons (Fsp3) is 0.143. The molecule has 0 amide bonds. The van der Waals surface area contributed by atoms with Gasteiger partial charge in [0.15, 0.2) is 5.75 Å². The summed E-state index contributed by atoms with van der Waals surface area (Å²) < 4.78 is 11.2. The highest BCUT2D eigenvalue weighted by Gasteiger charge is 2.35. The fourth-order valence-electron chi connectivity index (χ4n) is 3.36. The normalized spacial score (nSPS) is 15.8. The zero-order valence-electron chi connectivity index (χ0n) is 14.9. The van der Waals surface area contributed by atoms with Gasteiger partial charge in [0.1, 0.15) is 17.2 Å². The number of nitriles is 1. The molecular weight excluding hydrogens is 342 g/mol. The number of fused-ring (bicyclic) bond motifs is 3. The molecule has 0 radical (unpaired) electrons. The summed E-state index contributed by atoms with van der Waals surface area (Å²) in [6, 6.07) is 16.8. The summed E-state index contributed by atoms with van der Waals surface area (Å²) in [6.07, 6.45) is 0. The molecule has 2 N–H and O–H groups in total. The quantitative estimate of drug-likeness (QED) is 0.707. The predicted octanol–water partition coefficient (Wildman–Crippen LogP) is 3.08. The maximum Gasteiger partial charge on any atom is 0.344 e. The van der Waals surface area contributed by atoms with Gasteiger partial charge >= 0.3 is 5.63 Å². The van der Waals surface area contributed by atoms with Gasteiger partial charge < -0.3 is 19.8 Å². The molecule has 1 atom stereocenters. The first-order chi connectivity index (χ1) is 13.0. The molecule has 0 spiro atoms. The van der Waals surface area contributed by atoms with Gasteiger partial charge in [-0.1, -0.05) is 24.3 Å². The third-order valence-electron chi connectivity index (χ3n) is 4.72. The van der Waals surface area contributed by atoms with E-state index in [1.165, 1.54) is 0 Å². The molecule has 134 valence electrons. The van der Waals surface area contributed by atoms with Gasteiger partial charge in [0, 0.05) is 19.8 Å². The zero-order chi connectivity index (χ0) is 19.1. The van der Waals surface area contributed by atoms with Crippen LogP contribution in [0.5, 0.6) is 5.75 Å². The highest BCUT2D eigenvalue weighted by Crippen LogP contribution is 2.43. The van der Waals surface area contributed by atoms with Crippen LogP contribution in [0.2, 0.25) is 0 Å². The minimum Gasteiger partial charge on any atom is -0.439 e. The van der Waals surface area contributed by atoms with Crippen molar-refractivity contribution in [3.63, 3.8) is 0 Å². The third kappa shape index (κ3) is 2.61. The van der Waals surface area contributed by atoms with E-state index in [-0.39, 0.29) is 17.0 Å². The van der Waals surface area contributed by atoms with Crippen molar-refractivity contribution in [2.75, 3.05) is 19.0 Å². The van der Waals surface area contributed by atoms with Crippen LogP contribution < -0.4 is 21.0 Å². The SMILES string of the molecule is CN(C)c1ccc(C2C(C#N)=C(N)Oc3c2c(=O)oc2ccccc32)cc1. The number of nitrogens with two attached hydrogens (primary N) is 1. The minimum atomic E-state index is -0.643. The first kappa shape index (κ1) is 16.7. The molecule has 2 aromatic carbocycles. The van der Waals surface area contributed by atoms with Gasteiger partial charge in [-0.25, -0.2) is 4.79 Å². The average molecular weight is 359 g/mol. The number of nitrogens with zero attached hydrogens (tertiary/aromatic N) is 2. The Kier molecular flexibility index (Phi) is 3.85. The van der Waals surface area contributed by atoms with E-state index in [0.717, 1.165) is 11.3 Å². The number of hydrogen-bond acceptors (Lipinski definition) is 6. The Hall–Kier alpha value is -3.72. The number of rotatable bonds is 2. The van der Waals surface area contributed by atoms with E-state index >= 15 is 0 Å². The van der Waals surface area contributed by atoms with Crippen molar-refractivity contribution in [1.82, 2.24) is 0 Å². The molecule has 0 saturated carbocycles. The van der Waals surface area contributed by atoms with Gasteiger partial charge in [-0.3, -0.25) is 0 Å². The predicted molar refractivity (Wildman–Crippen MR) is 103 cm³/mol. The Balaban J connectivity index is 2.00. The second-order valence-corrected chi connectivity index (χ2v) is 6.54. The van der Waals surface area contributed by atoms with Gasteiger partial charge in [0.05, 0.1) is 16.9 Å². The van der Waals surface area contributed by atoms with Gasteiger partial charge in [0.2, 0.25) is 5.88 Å². The maximum atomic E-state index is 12.8. The van der Waals surface area contributed by atoms with Crippen LogP contribution in [0.4, 0.5) is 5.69 Å². The van der Waals surface area contributed by atoms with Crippen LogP contribution in [-0.4, -0.2) is 14.1 Å². The lowest BCUT2D eigenvalue weighted by Gasteiger charge is -2.26. The smallest absolute Gasteiger partial charge is 0.344 e. The summed E-state index contributed by atoms with van der Waals surface area (Å²) in [5.74, 6) is -0.293. The lowest BCUT2D eigenvalue weighted by Crippen LogP contribution is -2.26. The van der Waals surface area contributed by atoms with Crippen LogP contribution in [0.15, 0.2) is 69.2 Å². The van der Waals surface area contributed by atoms with Crippen molar-refractivity contribution in [2.45, 2.75) is 5.92 Å². The summed E-state index contributed by atoms with van der Waals surface area (Å²) in [5, 5.41) is 10.3. The van der Waals surface area contributed by atoms with Crippen molar-refractivity contribution >= 4 is 16.7 Å². The lowest BCUT2D eigenvalue weighted by atomic mass is 9.84. The first-order valence-electron chi connectivity index (χ1n) is 8.42. The van der Waals surface area contributed by atoms with Crippen LogP contribution in [0.25, 0.3) is 11.0 Å². The molecule has 0 aliphatic carbocycles. The Morgan fingerprint density at radius 1 is 1.11 bits per heavy atom. The van der Waals surface area contributed by atoms with Crippen molar-refractivity contribution < 1.29 is 9.15 Å². The zero-order valence-corrected chi connectivity index (χ0v) is 14.9. The molecule has 4 rings (SSSR count). The number of anilines is 1. The van der Waals surface area contributed by atoms with E-state index in [2.05, 4.69) is 6.07 Å². The van der Waals surface area contributed by atoms with Crippen molar-refractivity contribution in [3.8, 4) is 11.8 Å². The Morgan fingerprint density at radius 2 is 1.81 bits per heavy atom. The molecule has 0 fully saturated rings. The highest BCUT2D eigenvalue weighted by atomic mass is 16.5. The molecule has 0 bridgehead atoms. The maximum absolute atomic E-state index is 12.8. The number of allylic oxidation sites excluding steroid dienone is 1. The van der Waals surface area contributed by atoms with Crippen LogP contribution in [0.1, 0.15) is 17.0 Å². The van der Waals surface area contributed by atoms with E-state index < -0.39 is 11.5 Å². The molecule has 1 unspecified atom stereocenters. The summed E-state index contributed by atoms with van der Waals surface area (Å²) >= 11 is 0. The van der Waals surface area contributed by atoms with E-state index in [1.807, 2.05) is 49.3 Å². The molecule has 3 aromatic rings.